The largest absolute Gasteiger partial charge is 0.454 e. The third-order valence-corrected chi connectivity index (χ3v) is 6.47. The van der Waals surface area contributed by atoms with Crippen LogP contribution in [-0.2, 0) is 13.5 Å². The molecule has 0 spiro atoms. The van der Waals surface area contributed by atoms with Crippen molar-refractivity contribution in [3.63, 3.8) is 0 Å². The molecule has 0 aliphatic heterocycles. The summed E-state index contributed by atoms with van der Waals surface area (Å²) in [6.45, 7) is 3.34. The van der Waals surface area contributed by atoms with Crippen molar-refractivity contribution < 1.29 is 22.7 Å². The van der Waals surface area contributed by atoms with Crippen LogP contribution in [0.2, 0.25) is 0 Å². The zero-order chi connectivity index (χ0) is 30.1. The predicted octanol–water partition coefficient (Wildman–Crippen LogP) is 5.01. The molecule has 5 rings (SSSR count). The number of pyridine rings is 1. The molecular formula is C30H24F3N5O4. The quantitative estimate of drug-likeness (QED) is 0.241. The maximum Gasteiger partial charge on any atom is 0.335 e. The van der Waals surface area contributed by atoms with E-state index in [1.54, 1.807) is 44.0 Å². The number of ketones is 1. The molecule has 3 heterocycles. The van der Waals surface area contributed by atoms with Crippen LogP contribution in [0.4, 0.5) is 13.2 Å². The second-order valence-corrected chi connectivity index (χ2v) is 9.80. The summed E-state index contributed by atoms with van der Waals surface area (Å²) in [7, 11) is 1.75. The molecule has 0 N–H and O–H groups in total. The number of hydrogen-bond acceptors (Lipinski definition) is 6. The maximum atomic E-state index is 15.1. The van der Waals surface area contributed by atoms with E-state index in [2.05, 4.69) is 10.1 Å². The first-order chi connectivity index (χ1) is 20.0. The number of nitrogens with zero attached hydrogens (tertiary/aromatic N) is 5. The van der Waals surface area contributed by atoms with Gasteiger partial charge in [0, 0.05) is 55.8 Å². The Hall–Kier alpha value is -5.26. The summed E-state index contributed by atoms with van der Waals surface area (Å²) in [4.78, 5) is 43.8. The lowest BCUT2D eigenvalue weighted by Gasteiger charge is -2.15. The lowest BCUT2D eigenvalue weighted by atomic mass is 10.0. The number of rotatable bonds is 8. The van der Waals surface area contributed by atoms with E-state index in [0.717, 1.165) is 35.0 Å². The summed E-state index contributed by atoms with van der Waals surface area (Å²) in [5, 5.41) is 4.08. The van der Waals surface area contributed by atoms with Crippen LogP contribution in [0.5, 0.6) is 11.5 Å². The zero-order valence-electron chi connectivity index (χ0n) is 22.7. The number of Topliss-reactive ketones (excluding diaryl/α,β-unsaturated/α-hetero) is 1. The normalized spacial score (nSPS) is 11.2. The molecule has 0 fully saturated rings. The van der Waals surface area contributed by atoms with Gasteiger partial charge in [-0.15, -0.1) is 0 Å². The highest BCUT2D eigenvalue weighted by molar-refractivity contribution is 5.97. The van der Waals surface area contributed by atoms with Gasteiger partial charge in [0.05, 0.1) is 17.6 Å². The topological polar surface area (TPSA) is 101 Å². The van der Waals surface area contributed by atoms with Crippen molar-refractivity contribution in [2.24, 2.45) is 7.05 Å². The summed E-state index contributed by atoms with van der Waals surface area (Å²) in [5.41, 5.74) is -1.16. The van der Waals surface area contributed by atoms with Crippen molar-refractivity contribution in [3.05, 3.63) is 123 Å². The molecule has 0 saturated heterocycles. The molecule has 0 unspecified atom stereocenters. The van der Waals surface area contributed by atoms with Crippen LogP contribution in [0.3, 0.4) is 0 Å². The van der Waals surface area contributed by atoms with Crippen LogP contribution in [0.25, 0.3) is 16.9 Å². The van der Waals surface area contributed by atoms with Gasteiger partial charge >= 0.3 is 5.69 Å². The fourth-order valence-electron chi connectivity index (χ4n) is 4.32. The molecule has 3 aromatic heterocycles. The molecule has 0 saturated carbocycles. The van der Waals surface area contributed by atoms with E-state index in [9.17, 15) is 18.8 Å². The molecule has 0 radical (unpaired) electrons. The van der Waals surface area contributed by atoms with Crippen LogP contribution in [0, 0.1) is 17.5 Å². The minimum atomic E-state index is -0.962. The number of halogens is 3. The first-order valence-corrected chi connectivity index (χ1v) is 12.8. The summed E-state index contributed by atoms with van der Waals surface area (Å²) >= 11 is 0. The molecule has 214 valence electrons. The number of benzene rings is 2. The summed E-state index contributed by atoms with van der Waals surface area (Å²) in [5.74, 6) is -3.51. The Kier molecular flexibility index (Phi) is 7.62. The SMILES string of the molecule is CC(C)n1cc(C(=O)Cc2cc(F)c(Oc3ccnc(-c4cnn(C)c4)c3)cc2F)c(=O)n(-c2ccc(F)cc2)c1=O. The van der Waals surface area contributed by atoms with Crippen molar-refractivity contribution in [3.8, 4) is 28.4 Å². The van der Waals surface area contributed by atoms with Gasteiger partial charge in [-0.1, -0.05) is 0 Å². The fraction of sp³-hybridized carbons (Fsp3) is 0.167. The molecule has 42 heavy (non-hydrogen) atoms. The lowest BCUT2D eigenvalue weighted by Crippen LogP contribution is -2.42. The van der Waals surface area contributed by atoms with Crippen LogP contribution >= 0.6 is 0 Å². The molecule has 0 bridgehead atoms. The maximum absolute atomic E-state index is 15.1. The highest BCUT2D eigenvalue weighted by Gasteiger charge is 2.22. The number of carbonyl (C=O) groups is 1. The van der Waals surface area contributed by atoms with E-state index in [1.165, 1.54) is 29.0 Å². The molecular weight excluding hydrogens is 551 g/mol. The molecule has 0 aliphatic rings. The van der Waals surface area contributed by atoms with Gasteiger partial charge in [-0.25, -0.2) is 22.5 Å². The van der Waals surface area contributed by atoms with E-state index in [1.807, 2.05) is 0 Å². The van der Waals surface area contributed by atoms with Crippen LogP contribution in [0.15, 0.2) is 82.9 Å². The second kappa shape index (κ2) is 11.3. The summed E-state index contributed by atoms with van der Waals surface area (Å²) < 4.78 is 52.7. The van der Waals surface area contributed by atoms with Gasteiger partial charge in [0.25, 0.3) is 5.56 Å². The van der Waals surface area contributed by atoms with E-state index >= 15 is 8.78 Å². The van der Waals surface area contributed by atoms with Crippen molar-refractivity contribution in [2.45, 2.75) is 26.3 Å². The molecule has 2 aromatic carbocycles. The molecule has 12 heteroatoms. The van der Waals surface area contributed by atoms with Crippen molar-refractivity contribution in [2.75, 3.05) is 0 Å². The number of ether oxygens (including phenoxy) is 1. The number of aromatic nitrogens is 5. The smallest absolute Gasteiger partial charge is 0.335 e. The minimum absolute atomic E-state index is 0.0528. The van der Waals surface area contributed by atoms with Gasteiger partial charge in [0.2, 0.25) is 0 Å². The Morgan fingerprint density at radius 1 is 0.976 bits per heavy atom. The second-order valence-electron chi connectivity index (χ2n) is 9.80. The minimum Gasteiger partial charge on any atom is -0.454 e. The third-order valence-electron chi connectivity index (χ3n) is 6.47. The fourth-order valence-corrected chi connectivity index (χ4v) is 4.32. The Balaban J connectivity index is 1.44. The average molecular weight is 576 g/mol. The first-order valence-electron chi connectivity index (χ1n) is 12.8. The number of carbonyl (C=O) groups excluding carboxylic acids is 1. The van der Waals surface area contributed by atoms with E-state index < -0.39 is 58.3 Å². The third kappa shape index (κ3) is 5.64. The molecule has 0 atom stereocenters. The van der Waals surface area contributed by atoms with Gasteiger partial charge < -0.3 is 4.74 Å². The lowest BCUT2D eigenvalue weighted by molar-refractivity contribution is 0.0988. The van der Waals surface area contributed by atoms with Gasteiger partial charge in [0.15, 0.2) is 17.3 Å². The van der Waals surface area contributed by atoms with Crippen molar-refractivity contribution in [1.82, 2.24) is 23.9 Å². The van der Waals surface area contributed by atoms with Crippen LogP contribution in [0.1, 0.15) is 35.8 Å². The number of aryl methyl sites for hydroxylation is 1. The summed E-state index contributed by atoms with van der Waals surface area (Å²) in [6.07, 6.45) is 5.22. The highest BCUT2D eigenvalue weighted by atomic mass is 19.1. The molecule has 9 nitrogen and oxygen atoms in total. The predicted molar refractivity (Wildman–Crippen MR) is 148 cm³/mol. The monoisotopic (exact) mass is 575 g/mol. The van der Waals surface area contributed by atoms with Gasteiger partial charge in [-0.05, 0) is 55.8 Å². The zero-order valence-corrected chi connectivity index (χ0v) is 22.7. The van der Waals surface area contributed by atoms with Gasteiger partial charge in [-0.3, -0.25) is 23.8 Å². The Labute approximate surface area is 237 Å². The van der Waals surface area contributed by atoms with E-state index in [-0.39, 0.29) is 17.0 Å². The first kappa shape index (κ1) is 28.3. The Bertz CT molecular complexity index is 1930. The standard InChI is InChI=1S/C30H24F3N5O4/c1-17(2)37-16-23(29(40)38(30(37)41)21-6-4-20(31)5-7-21)27(39)11-18-10-25(33)28(13-24(18)32)42-22-8-9-34-26(12-22)19-14-35-36(3)15-19/h4-10,12-17H,11H2,1-3H3. The van der Waals surface area contributed by atoms with Crippen molar-refractivity contribution >= 4 is 5.78 Å². The number of hydrogen-bond donors (Lipinski definition) is 0. The highest BCUT2D eigenvalue weighted by Crippen LogP contribution is 2.29. The van der Waals surface area contributed by atoms with Crippen LogP contribution < -0.4 is 16.0 Å². The molecule has 5 aromatic rings. The molecule has 0 amide bonds. The van der Waals surface area contributed by atoms with E-state index in [0.29, 0.717) is 11.3 Å². The van der Waals surface area contributed by atoms with Gasteiger partial charge in [0.1, 0.15) is 22.9 Å². The average Bonchev–Trinajstić information content (AvgIpc) is 3.39. The molecule has 0 aliphatic carbocycles. The Morgan fingerprint density at radius 2 is 1.71 bits per heavy atom. The van der Waals surface area contributed by atoms with E-state index in [4.69, 9.17) is 4.74 Å². The summed E-state index contributed by atoms with van der Waals surface area (Å²) in [6, 6.07) is 8.81. The Morgan fingerprint density at radius 3 is 2.38 bits per heavy atom. The van der Waals surface area contributed by atoms with Gasteiger partial charge in [-0.2, -0.15) is 5.10 Å². The van der Waals surface area contributed by atoms with Crippen molar-refractivity contribution in [1.29, 1.82) is 0 Å². The van der Waals surface area contributed by atoms with Crippen LogP contribution in [-0.4, -0.2) is 29.7 Å².